The van der Waals surface area contributed by atoms with E-state index in [-0.39, 0.29) is 18.2 Å². The molecule has 0 atom stereocenters. The van der Waals surface area contributed by atoms with Gasteiger partial charge in [-0.3, -0.25) is 19.9 Å². The summed E-state index contributed by atoms with van der Waals surface area (Å²) in [5, 5.41) is 9.74. The fraction of sp³-hybridized carbons (Fsp3) is 0.176. The van der Waals surface area contributed by atoms with Gasteiger partial charge in [-0.05, 0) is 35.6 Å². The molecule has 0 spiro atoms. The molecule has 0 saturated carbocycles. The number of aromatic nitrogens is 2. The van der Waals surface area contributed by atoms with Crippen LogP contribution in [0.1, 0.15) is 20.9 Å². The molecule has 128 valence electrons. The summed E-state index contributed by atoms with van der Waals surface area (Å²) in [4.78, 5) is 32.8. The summed E-state index contributed by atoms with van der Waals surface area (Å²) in [5.41, 5.74) is 1.77. The standard InChI is InChI=1S/C17H16N4O2S2/c22-15(19-8-5-12-3-6-18-7-4-12)10-13-11-25-17(20-13)21-16(23)14-2-1-9-24-14/h1-4,6-7,9,11H,5,8,10H2,(H,19,22)(H,20,21,23). The lowest BCUT2D eigenvalue weighted by Gasteiger charge is -2.04. The molecule has 3 heterocycles. The number of pyridine rings is 1. The van der Waals surface area contributed by atoms with E-state index in [4.69, 9.17) is 0 Å². The molecule has 0 unspecified atom stereocenters. The van der Waals surface area contributed by atoms with E-state index in [1.165, 1.54) is 22.7 Å². The van der Waals surface area contributed by atoms with Crippen molar-refractivity contribution in [2.45, 2.75) is 12.8 Å². The maximum absolute atomic E-state index is 12.0. The summed E-state index contributed by atoms with van der Waals surface area (Å²) in [6.07, 6.45) is 4.42. The van der Waals surface area contributed by atoms with Crippen molar-refractivity contribution in [1.82, 2.24) is 15.3 Å². The first-order valence-electron chi connectivity index (χ1n) is 7.65. The quantitative estimate of drug-likeness (QED) is 0.668. The molecule has 2 N–H and O–H groups in total. The number of nitrogens with one attached hydrogen (secondary N) is 2. The van der Waals surface area contributed by atoms with Crippen molar-refractivity contribution in [3.63, 3.8) is 0 Å². The zero-order chi connectivity index (χ0) is 17.5. The monoisotopic (exact) mass is 372 g/mol. The maximum Gasteiger partial charge on any atom is 0.267 e. The Balaban J connectivity index is 1.44. The number of hydrogen-bond donors (Lipinski definition) is 2. The molecule has 0 bridgehead atoms. The van der Waals surface area contributed by atoms with Crippen molar-refractivity contribution in [2.24, 2.45) is 0 Å². The molecular formula is C17H16N4O2S2. The molecule has 8 heteroatoms. The van der Waals surface area contributed by atoms with Gasteiger partial charge in [0.15, 0.2) is 5.13 Å². The van der Waals surface area contributed by atoms with E-state index < -0.39 is 0 Å². The van der Waals surface area contributed by atoms with Crippen LogP contribution in [0.4, 0.5) is 5.13 Å². The third-order valence-corrected chi connectivity index (χ3v) is 5.02. The van der Waals surface area contributed by atoms with Crippen molar-refractivity contribution in [2.75, 3.05) is 11.9 Å². The molecule has 0 aliphatic carbocycles. The minimum atomic E-state index is -0.183. The highest BCUT2D eigenvalue weighted by Crippen LogP contribution is 2.18. The molecule has 3 aromatic heterocycles. The minimum Gasteiger partial charge on any atom is -0.355 e. The zero-order valence-corrected chi connectivity index (χ0v) is 14.9. The number of anilines is 1. The smallest absolute Gasteiger partial charge is 0.267 e. The van der Waals surface area contributed by atoms with E-state index in [0.717, 1.165) is 12.0 Å². The Hall–Kier alpha value is -2.58. The van der Waals surface area contributed by atoms with Gasteiger partial charge >= 0.3 is 0 Å². The van der Waals surface area contributed by atoms with Gasteiger partial charge in [-0.25, -0.2) is 4.98 Å². The van der Waals surface area contributed by atoms with E-state index in [0.29, 0.717) is 22.2 Å². The fourth-order valence-electron chi connectivity index (χ4n) is 2.13. The zero-order valence-electron chi connectivity index (χ0n) is 13.3. The van der Waals surface area contributed by atoms with Crippen molar-refractivity contribution in [3.05, 3.63) is 63.6 Å². The topological polar surface area (TPSA) is 84.0 Å². The van der Waals surface area contributed by atoms with E-state index >= 15 is 0 Å². The van der Waals surface area contributed by atoms with Crippen LogP contribution in [0.5, 0.6) is 0 Å². The highest BCUT2D eigenvalue weighted by molar-refractivity contribution is 7.14. The highest BCUT2D eigenvalue weighted by atomic mass is 32.1. The van der Waals surface area contributed by atoms with Crippen LogP contribution in [0.15, 0.2) is 47.4 Å². The second-order valence-electron chi connectivity index (χ2n) is 5.21. The number of thiophene rings is 1. The summed E-state index contributed by atoms with van der Waals surface area (Å²) in [6, 6.07) is 7.43. The summed E-state index contributed by atoms with van der Waals surface area (Å²) in [5.74, 6) is -0.270. The second-order valence-corrected chi connectivity index (χ2v) is 7.01. The molecule has 0 radical (unpaired) electrons. The van der Waals surface area contributed by atoms with Gasteiger partial charge in [-0.1, -0.05) is 6.07 Å². The summed E-state index contributed by atoms with van der Waals surface area (Å²) in [6.45, 7) is 0.564. The van der Waals surface area contributed by atoms with Gasteiger partial charge in [-0.2, -0.15) is 0 Å². The average Bonchev–Trinajstić information content (AvgIpc) is 3.28. The van der Waals surface area contributed by atoms with Gasteiger partial charge in [0.2, 0.25) is 5.91 Å². The SMILES string of the molecule is O=C(Cc1csc(NC(=O)c2cccs2)n1)NCCc1ccncc1. The lowest BCUT2D eigenvalue weighted by molar-refractivity contribution is -0.120. The van der Waals surface area contributed by atoms with Crippen molar-refractivity contribution < 1.29 is 9.59 Å². The first-order valence-corrected chi connectivity index (χ1v) is 9.41. The number of rotatable bonds is 7. The van der Waals surface area contributed by atoms with Crippen LogP contribution in [0, 0.1) is 0 Å². The van der Waals surface area contributed by atoms with Gasteiger partial charge in [0, 0.05) is 24.3 Å². The predicted molar refractivity (Wildman–Crippen MR) is 99.0 cm³/mol. The van der Waals surface area contributed by atoms with Crippen molar-refractivity contribution in [1.29, 1.82) is 0 Å². The average molecular weight is 372 g/mol. The lowest BCUT2D eigenvalue weighted by atomic mass is 10.2. The third kappa shape index (κ3) is 5.20. The maximum atomic E-state index is 12.0. The number of carbonyl (C=O) groups is 2. The Kier molecular flexibility index (Phi) is 5.86. The summed E-state index contributed by atoms with van der Waals surface area (Å²) >= 11 is 2.68. The highest BCUT2D eigenvalue weighted by Gasteiger charge is 2.11. The molecule has 3 rings (SSSR count). The normalized spacial score (nSPS) is 10.4. The number of hydrogen-bond acceptors (Lipinski definition) is 6. The van der Waals surface area contributed by atoms with Crippen molar-refractivity contribution in [3.8, 4) is 0 Å². The van der Waals surface area contributed by atoms with Crippen LogP contribution >= 0.6 is 22.7 Å². The van der Waals surface area contributed by atoms with Crippen molar-refractivity contribution >= 4 is 39.6 Å². The van der Waals surface area contributed by atoms with Crippen LogP contribution in [0.3, 0.4) is 0 Å². The Bertz CT molecular complexity index is 831. The van der Waals surface area contributed by atoms with Crippen LogP contribution in [-0.2, 0) is 17.6 Å². The number of amides is 2. The van der Waals surface area contributed by atoms with Crippen LogP contribution in [-0.4, -0.2) is 28.3 Å². The van der Waals surface area contributed by atoms with Gasteiger partial charge in [0.1, 0.15) is 0 Å². The predicted octanol–water partition coefficient (Wildman–Crippen LogP) is 2.75. The largest absolute Gasteiger partial charge is 0.355 e. The first-order chi connectivity index (χ1) is 12.2. The van der Waals surface area contributed by atoms with Gasteiger partial charge in [0.05, 0.1) is 17.0 Å². The number of nitrogens with zero attached hydrogens (tertiary/aromatic N) is 2. The Morgan fingerprint density at radius 2 is 1.96 bits per heavy atom. The molecule has 25 heavy (non-hydrogen) atoms. The molecule has 0 saturated heterocycles. The Labute approximate surface area is 153 Å². The van der Waals surface area contributed by atoms with Gasteiger partial charge in [-0.15, -0.1) is 22.7 Å². The van der Waals surface area contributed by atoms with E-state index in [1.54, 1.807) is 23.8 Å². The molecule has 0 fully saturated rings. The molecule has 2 amide bonds. The molecule has 6 nitrogen and oxygen atoms in total. The molecule has 0 aliphatic rings. The lowest BCUT2D eigenvalue weighted by Crippen LogP contribution is -2.27. The summed E-state index contributed by atoms with van der Waals surface area (Å²) < 4.78 is 0. The van der Waals surface area contributed by atoms with E-state index in [1.807, 2.05) is 23.6 Å². The Morgan fingerprint density at radius 1 is 1.12 bits per heavy atom. The summed E-state index contributed by atoms with van der Waals surface area (Å²) in [7, 11) is 0. The van der Waals surface area contributed by atoms with Gasteiger partial charge < -0.3 is 5.32 Å². The molecule has 0 aliphatic heterocycles. The molecular weight excluding hydrogens is 356 g/mol. The van der Waals surface area contributed by atoms with Gasteiger partial charge in [0.25, 0.3) is 5.91 Å². The van der Waals surface area contributed by atoms with Crippen LogP contribution in [0.25, 0.3) is 0 Å². The Morgan fingerprint density at radius 3 is 2.72 bits per heavy atom. The fourth-order valence-corrected chi connectivity index (χ4v) is 3.46. The third-order valence-electron chi connectivity index (χ3n) is 3.34. The van der Waals surface area contributed by atoms with E-state index in [9.17, 15) is 9.59 Å². The minimum absolute atomic E-state index is 0.0875. The second kappa shape index (κ2) is 8.50. The number of thiazole rings is 1. The first kappa shape index (κ1) is 17.2. The molecule has 0 aromatic carbocycles. The van der Waals surface area contributed by atoms with E-state index in [2.05, 4.69) is 20.6 Å². The van der Waals surface area contributed by atoms with Crippen LogP contribution in [0.2, 0.25) is 0 Å². The van der Waals surface area contributed by atoms with Crippen LogP contribution < -0.4 is 10.6 Å². The number of carbonyl (C=O) groups excluding carboxylic acids is 2. The molecule has 3 aromatic rings.